The quantitative estimate of drug-likeness (QED) is 0.828. The topological polar surface area (TPSA) is 53.4 Å². The van der Waals surface area contributed by atoms with E-state index < -0.39 is 0 Å². The molecule has 0 unspecified atom stereocenters. The Bertz CT molecular complexity index is 864. The van der Waals surface area contributed by atoms with Crippen LogP contribution in [-0.2, 0) is 12.0 Å². The zero-order valence-corrected chi connectivity index (χ0v) is 15.6. The number of rotatable bonds is 4. The van der Waals surface area contributed by atoms with E-state index in [2.05, 4.69) is 29.2 Å². The van der Waals surface area contributed by atoms with E-state index >= 15 is 0 Å². The van der Waals surface area contributed by atoms with Crippen molar-refractivity contribution in [2.24, 2.45) is 5.92 Å². The van der Waals surface area contributed by atoms with Crippen LogP contribution < -0.4 is 15.0 Å². The summed E-state index contributed by atoms with van der Waals surface area (Å²) in [7, 11) is 0. The molecular weight excluding hydrogens is 340 g/mol. The standard InChI is InChI=1S/C22H26N2O3/c25-20-9-12-24-14-19(27-21(24)23-20)15-26-18-7-5-17(6-8-18)22-10-1-3-16(13-22)4-2-11-22/h5-9,12,16,19H,1-4,10-11,13-15H2/t16?,19-,22?/m0/s1. The van der Waals surface area contributed by atoms with Gasteiger partial charge in [-0.15, -0.1) is 0 Å². The molecule has 142 valence electrons. The van der Waals surface area contributed by atoms with Gasteiger partial charge in [-0.1, -0.05) is 37.8 Å². The summed E-state index contributed by atoms with van der Waals surface area (Å²) in [4.78, 5) is 15.2. The van der Waals surface area contributed by atoms with E-state index in [4.69, 9.17) is 9.47 Å². The Morgan fingerprint density at radius 2 is 1.93 bits per heavy atom. The molecule has 0 radical (unpaired) electrons. The van der Waals surface area contributed by atoms with Crippen LogP contribution >= 0.6 is 0 Å². The summed E-state index contributed by atoms with van der Waals surface area (Å²) in [6, 6.07) is 10.6. The Labute approximate surface area is 159 Å². The van der Waals surface area contributed by atoms with E-state index in [9.17, 15) is 4.79 Å². The minimum absolute atomic E-state index is 0.116. The first-order valence-corrected chi connectivity index (χ1v) is 10.2. The third-order valence-electron chi connectivity index (χ3n) is 6.64. The third-order valence-corrected chi connectivity index (χ3v) is 6.64. The Kier molecular flexibility index (Phi) is 4.18. The maximum Gasteiger partial charge on any atom is 0.300 e. The van der Waals surface area contributed by atoms with Crippen molar-refractivity contribution in [3.63, 3.8) is 0 Å². The molecule has 2 saturated carbocycles. The molecule has 2 aliphatic carbocycles. The summed E-state index contributed by atoms with van der Waals surface area (Å²) < 4.78 is 13.5. The Balaban J connectivity index is 1.22. The van der Waals surface area contributed by atoms with Crippen LogP contribution in [0.4, 0.5) is 0 Å². The summed E-state index contributed by atoms with van der Waals surface area (Å²) in [5, 5.41) is 0. The SMILES string of the molecule is O=c1ccn2c(n1)O[C@H](COc1ccc(C34CCCC(CCC3)C4)cc1)C2. The van der Waals surface area contributed by atoms with Gasteiger partial charge < -0.3 is 9.47 Å². The Morgan fingerprint density at radius 1 is 1.15 bits per heavy atom. The molecule has 0 spiro atoms. The molecule has 1 aliphatic heterocycles. The molecule has 2 fully saturated rings. The van der Waals surface area contributed by atoms with E-state index in [1.54, 1.807) is 6.20 Å². The Morgan fingerprint density at radius 3 is 2.70 bits per heavy atom. The number of fused-ring (bicyclic) bond motifs is 3. The van der Waals surface area contributed by atoms with Gasteiger partial charge in [0.25, 0.3) is 11.6 Å². The summed E-state index contributed by atoms with van der Waals surface area (Å²) in [5.74, 6) is 1.81. The Hall–Kier alpha value is -2.30. The molecule has 5 rings (SSSR count). The maximum atomic E-state index is 11.3. The van der Waals surface area contributed by atoms with Gasteiger partial charge in [0, 0.05) is 12.3 Å². The molecule has 3 aliphatic rings. The van der Waals surface area contributed by atoms with Crippen LogP contribution in [-0.4, -0.2) is 22.3 Å². The second kappa shape index (κ2) is 6.70. The molecular formula is C22H26N2O3. The van der Waals surface area contributed by atoms with Crippen LogP contribution in [0.15, 0.2) is 41.3 Å². The lowest BCUT2D eigenvalue weighted by molar-refractivity contribution is 0.142. The van der Waals surface area contributed by atoms with E-state index in [1.165, 1.54) is 56.6 Å². The summed E-state index contributed by atoms with van der Waals surface area (Å²) in [6.45, 7) is 1.11. The molecule has 2 bridgehead atoms. The van der Waals surface area contributed by atoms with Crippen LogP contribution in [0.25, 0.3) is 0 Å². The normalized spacial score (nSPS) is 29.0. The fourth-order valence-corrected chi connectivity index (χ4v) is 5.33. The van der Waals surface area contributed by atoms with Crippen molar-refractivity contribution in [3.05, 3.63) is 52.4 Å². The first kappa shape index (κ1) is 16.8. The highest BCUT2D eigenvalue weighted by Crippen LogP contribution is 2.50. The van der Waals surface area contributed by atoms with Crippen LogP contribution in [0.5, 0.6) is 11.8 Å². The molecule has 1 atom stereocenters. The minimum atomic E-state index is -0.273. The van der Waals surface area contributed by atoms with Gasteiger partial charge in [-0.3, -0.25) is 9.36 Å². The lowest BCUT2D eigenvalue weighted by Crippen LogP contribution is -2.36. The number of nitrogens with zero attached hydrogens (tertiary/aromatic N) is 2. The lowest BCUT2D eigenvalue weighted by atomic mass is 9.59. The number of hydrogen-bond acceptors (Lipinski definition) is 4. The smallest absolute Gasteiger partial charge is 0.300 e. The van der Waals surface area contributed by atoms with Gasteiger partial charge >= 0.3 is 0 Å². The molecule has 1 aromatic heterocycles. The van der Waals surface area contributed by atoms with Crippen LogP contribution in [0.3, 0.4) is 0 Å². The fraction of sp³-hybridized carbons (Fsp3) is 0.545. The molecule has 0 N–H and O–H groups in total. The molecule has 2 heterocycles. The lowest BCUT2D eigenvalue weighted by Gasteiger charge is -2.45. The average Bonchev–Trinajstić information content (AvgIpc) is 3.09. The highest BCUT2D eigenvalue weighted by Gasteiger charge is 2.40. The monoisotopic (exact) mass is 366 g/mol. The average molecular weight is 366 g/mol. The van der Waals surface area contributed by atoms with Crippen molar-refractivity contribution in [2.75, 3.05) is 6.61 Å². The fourth-order valence-electron chi connectivity index (χ4n) is 5.33. The van der Waals surface area contributed by atoms with Crippen molar-refractivity contribution in [2.45, 2.75) is 63.0 Å². The highest BCUT2D eigenvalue weighted by atomic mass is 16.6. The zero-order chi connectivity index (χ0) is 18.3. The van der Waals surface area contributed by atoms with Gasteiger partial charge in [-0.25, -0.2) is 0 Å². The summed E-state index contributed by atoms with van der Waals surface area (Å²) in [6.07, 6.45) is 11.2. The number of ether oxygens (including phenoxy) is 2. The molecule has 5 heteroatoms. The van der Waals surface area contributed by atoms with Crippen LogP contribution in [0, 0.1) is 5.92 Å². The van der Waals surface area contributed by atoms with Gasteiger partial charge in [0.1, 0.15) is 12.4 Å². The van der Waals surface area contributed by atoms with Gasteiger partial charge in [-0.05, 0) is 48.3 Å². The first-order valence-electron chi connectivity index (χ1n) is 10.2. The predicted molar refractivity (Wildman–Crippen MR) is 102 cm³/mol. The van der Waals surface area contributed by atoms with Crippen molar-refractivity contribution in [3.8, 4) is 11.8 Å². The van der Waals surface area contributed by atoms with E-state index in [0.717, 1.165) is 11.7 Å². The first-order chi connectivity index (χ1) is 13.2. The number of hydrogen-bond donors (Lipinski definition) is 0. The van der Waals surface area contributed by atoms with E-state index in [-0.39, 0.29) is 11.7 Å². The summed E-state index contributed by atoms with van der Waals surface area (Å²) in [5.41, 5.74) is 1.63. The predicted octanol–water partition coefficient (Wildman–Crippen LogP) is 3.70. The molecule has 0 saturated heterocycles. The zero-order valence-electron chi connectivity index (χ0n) is 15.6. The maximum absolute atomic E-state index is 11.3. The third kappa shape index (κ3) is 3.24. The second-order valence-corrected chi connectivity index (χ2v) is 8.41. The van der Waals surface area contributed by atoms with E-state index in [1.807, 2.05) is 4.57 Å². The number of benzene rings is 1. The summed E-state index contributed by atoms with van der Waals surface area (Å²) >= 11 is 0. The molecule has 27 heavy (non-hydrogen) atoms. The molecule has 2 aromatic rings. The van der Waals surface area contributed by atoms with Crippen molar-refractivity contribution < 1.29 is 9.47 Å². The van der Waals surface area contributed by atoms with Gasteiger partial charge in [-0.2, -0.15) is 4.98 Å². The minimum Gasteiger partial charge on any atom is -0.490 e. The van der Waals surface area contributed by atoms with Crippen molar-refractivity contribution in [1.29, 1.82) is 0 Å². The van der Waals surface area contributed by atoms with Gasteiger partial charge in [0.05, 0.1) is 6.54 Å². The van der Waals surface area contributed by atoms with Crippen molar-refractivity contribution >= 4 is 0 Å². The van der Waals surface area contributed by atoms with Gasteiger partial charge in [0.15, 0.2) is 6.10 Å². The van der Waals surface area contributed by atoms with Crippen LogP contribution in [0.2, 0.25) is 0 Å². The van der Waals surface area contributed by atoms with Gasteiger partial charge in [0.2, 0.25) is 0 Å². The van der Waals surface area contributed by atoms with Crippen LogP contribution in [0.1, 0.15) is 50.5 Å². The molecule has 5 nitrogen and oxygen atoms in total. The largest absolute Gasteiger partial charge is 0.490 e. The van der Waals surface area contributed by atoms with E-state index in [0.29, 0.717) is 24.6 Å². The highest BCUT2D eigenvalue weighted by molar-refractivity contribution is 5.33. The molecule has 1 aromatic carbocycles. The molecule has 0 amide bonds. The second-order valence-electron chi connectivity index (χ2n) is 8.41. The van der Waals surface area contributed by atoms with Crippen molar-refractivity contribution in [1.82, 2.24) is 9.55 Å². The number of aromatic nitrogens is 2.